The molecule has 0 aliphatic rings. The number of ketones is 2. The van der Waals surface area contributed by atoms with Crippen LogP contribution in [0.4, 0.5) is 0 Å². The Morgan fingerprint density at radius 1 is 0.958 bits per heavy atom. The van der Waals surface area contributed by atoms with Gasteiger partial charge in [0.15, 0.2) is 5.03 Å². The highest BCUT2D eigenvalue weighted by Crippen LogP contribution is 2.13. The Hall–Kier alpha value is -2.06. The Kier molecular flexibility index (Phi) is 8.28. The Morgan fingerprint density at radius 2 is 1.58 bits per heavy atom. The summed E-state index contributed by atoms with van der Waals surface area (Å²) in [5.74, 6) is -0.174. The van der Waals surface area contributed by atoms with E-state index < -0.39 is 15.6 Å². The van der Waals surface area contributed by atoms with Crippen molar-refractivity contribution >= 4 is 33.2 Å². The number of thioether (sulfide) groups is 1. The molecule has 0 bridgehead atoms. The molecule has 0 unspecified atom stereocenters. The Labute approximate surface area is 145 Å². The first kappa shape index (κ1) is 20.0. The molecule has 0 atom stereocenters. The number of aromatic nitrogens is 2. The summed E-state index contributed by atoms with van der Waals surface area (Å²) in [7, 11) is -3.52. The lowest BCUT2D eigenvalue weighted by molar-refractivity contribution is -0.115. The van der Waals surface area contributed by atoms with Gasteiger partial charge in [-0.1, -0.05) is 23.9 Å². The summed E-state index contributed by atoms with van der Waals surface area (Å²) < 4.78 is 22.7. The van der Waals surface area contributed by atoms with Crippen molar-refractivity contribution in [2.75, 3.05) is 11.5 Å². The quantitative estimate of drug-likeness (QED) is 0.723. The van der Waals surface area contributed by atoms with Crippen LogP contribution in [0.25, 0.3) is 0 Å². The van der Waals surface area contributed by atoms with Gasteiger partial charge < -0.3 is 0 Å². The van der Waals surface area contributed by atoms with Gasteiger partial charge in [0.1, 0.15) is 17.3 Å². The number of Topliss-reactive ketones (excluding diaryl/α,β-unsaturated/α-hetero) is 2. The van der Waals surface area contributed by atoms with Crippen LogP contribution in [0.1, 0.15) is 13.8 Å². The molecule has 2 heterocycles. The molecule has 2 rings (SSSR count). The summed E-state index contributed by atoms with van der Waals surface area (Å²) in [6.45, 7) is 2.82. The van der Waals surface area contributed by atoms with E-state index in [0.717, 1.165) is 5.03 Å². The average Bonchev–Trinajstić information content (AvgIpc) is 2.54. The maximum atomic E-state index is 11.4. The minimum atomic E-state index is -3.52. The SMILES string of the molecule is CC(=O)CS(=O)(=O)c1ccccn1.CC(=O)CSc1ccccn1. The van der Waals surface area contributed by atoms with Crippen LogP contribution < -0.4 is 0 Å². The van der Waals surface area contributed by atoms with E-state index in [1.54, 1.807) is 25.3 Å². The molecule has 0 aliphatic heterocycles. The van der Waals surface area contributed by atoms with Gasteiger partial charge in [-0.25, -0.2) is 18.4 Å². The van der Waals surface area contributed by atoms with Gasteiger partial charge >= 0.3 is 0 Å². The number of carbonyl (C=O) groups excluding carboxylic acids is 2. The van der Waals surface area contributed by atoms with Crippen LogP contribution in [0.5, 0.6) is 0 Å². The van der Waals surface area contributed by atoms with E-state index in [0.29, 0.717) is 5.75 Å². The molecule has 0 saturated heterocycles. The molecule has 0 amide bonds. The molecule has 0 saturated carbocycles. The molecular weight excluding hydrogens is 348 g/mol. The van der Waals surface area contributed by atoms with Gasteiger partial charge in [0.25, 0.3) is 0 Å². The zero-order valence-electron chi connectivity index (χ0n) is 13.4. The van der Waals surface area contributed by atoms with E-state index in [-0.39, 0.29) is 16.6 Å². The Balaban J connectivity index is 0.000000243. The van der Waals surface area contributed by atoms with Crippen LogP contribution >= 0.6 is 11.8 Å². The number of rotatable bonds is 6. The Morgan fingerprint density at radius 3 is 2.04 bits per heavy atom. The molecule has 0 fully saturated rings. The van der Waals surface area contributed by atoms with E-state index in [9.17, 15) is 18.0 Å². The van der Waals surface area contributed by atoms with Crippen molar-refractivity contribution < 1.29 is 18.0 Å². The largest absolute Gasteiger partial charge is 0.299 e. The standard InChI is InChI=1S/C8H9NO3S.C8H9NOS/c1-7(10)6-13(11,12)8-4-2-3-5-9-8;1-7(10)6-11-8-4-2-3-5-9-8/h2-5H,6H2,1H3;2-5H,6H2,1H3. The highest BCUT2D eigenvalue weighted by atomic mass is 32.2. The second kappa shape index (κ2) is 9.94. The summed E-state index contributed by atoms with van der Waals surface area (Å²) >= 11 is 1.47. The fourth-order valence-electron chi connectivity index (χ4n) is 1.48. The summed E-state index contributed by atoms with van der Waals surface area (Å²) in [4.78, 5) is 28.9. The monoisotopic (exact) mass is 366 g/mol. The third-order valence-electron chi connectivity index (χ3n) is 2.41. The first-order valence-electron chi connectivity index (χ1n) is 6.98. The molecule has 6 nitrogen and oxygen atoms in total. The smallest absolute Gasteiger partial charge is 0.202 e. The van der Waals surface area contributed by atoms with Crippen LogP contribution in [-0.2, 0) is 19.4 Å². The van der Waals surface area contributed by atoms with E-state index in [2.05, 4.69) is 9.97 Å². The maximum absolute atomic E-state index is 11.4. The van der Waals surface area contributed by atoms with Crippen LogP contribution in [0.2, 0.25) is 0 Å². The van der Waals surface area contributed by atoms with Crippen LogP contribution in [0.15, 0.2) is 58.8 Å². The molecule has 0 N–H and O–H groups in total. The summed E-state index contributed by atoms with van der Waals surface area (Å²) in [5, 5.41) is 0.855. The second-order valence-corrected chi connectivity index (χ2v) is 7.72. The Bertz CT molecular complexity index is 763. The molecule has 24 heavy (non-hydrogen) atoms. The lowest BCUT2D eigenvalue weighted by Crippen LogP contribution is -2.14. The lowest BCUT2D eigenvalue weighted by Gasteiger charge is -1.98. The molecule has 128 valence electrons. The highest BCUT2D eigenvalue weighted by molar-refractivity contribution is 7.99. The van der Waals surface area contributed by atoms with E-state index in [4.69, 9.17) is 0 Å². The van der Waals surface area contributed by atoms with Gasteiger partial charge in [0, 0.05) is 12.4 Å². The summed E-state index contributed by atoms with van der Waals surface area (Å²) in [6, 6.07) is 10.2. The van der Waals surface area contributed by atoms with Gasteiger partial charge in [-0.3, -0.25) is 9.59 Å². The molecular formula is C16H18N2O4S2. The number of nitrogens with zero attached hydrogens (tertiary/aromatic N) is 2. The van der Waals surface area contributed by atoms with Crippen molar-refractivity contribution in [3.8, 4) is 0 Å². The topological polar surface area (TPSA) is 94.1 Å². The van der Waals surface area contributed by atoms with Gasteiger partial charge in [0.2, 0.25) is 9.84 Å². The maximum Gasteiger partial charge on any atom is 0.202 e. The van der Waals surface area contributed by atoms with Gasteiger partial charge in [-0.2, -0.15) is 0 Å². The fourth-order valence-corrected chi connectivity index (χ4v) is 3.33. The molecule has 8 heteroatoms. The third kappa shape index (κ3) is 7.98. The minimum Gasteiger partial charge on any atom is -0.299 e. The minimum absolute atomic E-state index is 0.0507. The normalized spacial score (nSPS) is 10.4. The molecule has 0 aliphatic carbocycles. The highest BCUT2D eigenvalue weighted by Gasteiger charge is 2.17. The molecule has 2 aromatic heterocycles. The second-order valence-electron chi connectivity index (χ2n) is 4.79. The van der Waals surface area contributed by atoms with Crippen LogP contribution in [-0.4, -0.2) is 41.5 Å². The van der Waals surface area contributed by atoms with Crippen molar-refractivity contribution in [2.45, 2.75) is 23.9 Å². The first-order valence-corrected chi connectivity index (χ1v) is 9.61. The molecule has 0 radical (unpaired) electrons. The number of hydrogen-bond acceptors (Lipinski definition) is 7. The van der Waals surface area contributed by atoms with E-state index >= 15 is 0 Å². The number of carbonyl (C=O) groups is 2. The van der Waals surface area contributed by atoms with Crippen LogP contribution in [0.3, 0.4) is 0 Å². The van der Waals surface area contributed by atoms with Crippen molar-refractivity contribution in [3.05, 3.63) is 48.8 Å². The van der Waals surface area contributed by atoms with Crippen molar-refractivity contribution in [3.63, 3.8) is 0 Å². The third-order valence-corrected chi connectivity index (χ3v) is 5.16. The zero-order valence-corrected chi connectivity index (χ0v) is 15.0. The molecule has 2 aromatic rings. The predicted molar refractivity (Wildman–Crippen MR) is 92.6 cm³/mol. The van der Waals surface area contributed by atoms with Gasteiger partial charge in [-0.05, 0) is 38.1 Å². The predicted octanol–water partition coefficient (Wildman–Crippen LogP) is 2.21. The van der Waals surface area contributed by atoms with E-state index in [1.807, 2.05) is 18.2 Å². The van der Waals surface area contributed by atoms with Crippen LogP contribution in [0, 0.1) is 0 Å². The first-order chi connectivity index (χ1) is 11.3. The summed E-state index contributed by atoms with van der Waals surface area (Å²) in [5.41, 5.74) is 0. The van der Waals surface area contributed by atoms with Crippen molar-refractivity contribution in [2.24, 2.45) is 0 Å². The molecule has 0 spiro atoms. The van der Waals surface area contributed by atoms with Gasteiger partial charge in [0.05, 0.1) is 10.8 Å². The lowest BCUT2D eigenvalue weighted by atomic mass is 10.5. The van der Waals surface area contributed by atoms with Crippen molar-refractivity contribution in [1.82, 2.24) is 9.97 Å². The zero-order chi connectivity index (χ0) is 18.0. The molecule has 0 aromatic carbocycles. The van der Waals surface area contributed by atoms with Crippen molar-refractivity contribution in [1.29, 1.82) is 0 Å². The fraction of sp³-hybridized carbons (Fsp3) is 0.250. The number of sulfone groups is 1. The number of pyridine rings is 2. The number of hydrogen-bond donors (Lipinski definition) is 0. The van der Waals surface area contributed by atoms with E-state index in [1.165, 1.54) is 30.9 Å². The average molecular weight is 366 g/mol. The summed E-state index contributed by atoms with van der Waals surface area (Å²) in [6.07, 6.45) is 3.11. The van der Waals surface area contributed by atoms with Gasteiger partial charge in [-0.15, -0.1) is 0 Å².